The van der Waals surface area contributed by atoms with Crippen LogP contribution in [0, 0.1) is 18.8 Å². The van der Waals surface area contributed by atoms with Crippen LogP contribution in [0.5, 0.6) is 0 Å². The van der Waals surface area contributed by atoms with Crippen LogP contribution in [0.25, 0.3) is 0 Å². The summed E-state index contributed by atoms with van der Waals surface area (Å²) in [5, 5.41) is 2.83. The summed E-state index contributed by atoms with van der Waals surface area (Å²) in [6.07, 6.45) is 3.76. The van der Waals surface area contributed by atoms with E-state index in [1.165, 1.54) is 5.57 Å². The highest BCUT2D eigenvalue weighted by Gasteiger charge is 2.17. The summed E-state index contributed by atoms with van der Waals surface area (Å²) in [5.41, 5.74) is 3.08. The predicted molar refractivity (Wildman–Crippen MR) is 83.8 cm³/mol. The number of carbonyl (C=O) groups is 1. The van der Waals surface area contributed by atoms with Crippen molar-refractivity contribution in [1.82, 2.24) is 15.2 Å². The number of allylic oxidation sites excluding steroid dienone is 1. The molecule has 21 heavy (non-hydrogen) atoms. The van der Waals surface area contributed by atoms with Crippen LogP contribution in [0.2, 0.25) is 0 Å². The highest BCUT2D eigenvalue weighted by atomic mass is 16.2. The number of pyridine rings is 1. The van der Waals surface area contributed by atoms with Gasteiger partial charge in [0.25, 0.3) is 0 Å². The molecule has 1 aliphatic rings. The van der Waals surface area contributed by atoms with E-state index in [-0.39, 0.29) is 6.03 Å². The molecule has 1 aromatic rings. The van der Waals surface area contributed by atoms with Gasteiger partial charge in [-0.25, -0.2) is 9.78 Å². The minimum atomic E-state index is 0.0339. The molecule has 0 aliphatic carbocycles. The Balaban J connectivity index is 1.89. The van der Waals surface area contributed by atoms with Gasteiger partial charge in [0, 0.05) is 25.3 Å². The number of likely N-dealkylation sites (tertiary alicyclic amines) is 1. The Labute approximate surface area is 126 Å². The van der Waals surface area contributed by atoms with E-state index in [2.05, 4.69) is 22.1 Å². The van der Waals surface area contributed by atoms with Crippen LogP contribution in [0.1, 0.15) is 31.2 Å². The fourth-order valence-corrected chi connectivity index (χ4v) is 2.23. The highest BCUT2D eigenvalue weighted by molar-refractivity contribution is 5.74. The van der Waals surface area contributed by atoms with Crippen molar-refractivity contribution in [2.75, 3.05) is 19.6 Å². The van der Waals surface area contributed by atoms with Gasteiger partial charge in [-0.05, 0) is 50.8 Å². The second-order valence-corrected chi connectivity index (χ2v) is 5.06. The molecule has 2 rings (SSSR count). The zero-order valence-electron chi connectivity index (χ0n) is 12.6. The minimum absolute atomic E-state index is 0.0339. The number of amides is 2. The van der Waals surface area contributed by atoms with Crippen LogP contribution in [-0.2, 0) is 0 Å². The van der Waals surface area contributed by atoms with Crippen molar-refractivity contribution in [3.05, 3.63) is 41.2 Å². The second-order valence-electron chi connectivity index (χ2n) is 5.06. The van der Waals surface area contributed by atoms with Crippen LogP contribution in [-0.4, -0.2) is 35.5 Å². The lowest BCUT2D eigenvalue weighted by Crippen LogP contribution is -2.43. The molecular weight excluding hydrogens is 262 g/mol. The van der Waals surface area contributed by atoms with Crippen molar-refractivity contribution in [1.29, 1.82) is 0 Å². The SMILES string of the molecule is CCNC(=O)N1CCC(=CC#Cc2cccc(C)n2)CC1. The molecule has 1 saturated heterocycles. The zero-order chi connectivity index (χ0) is 15.1. The molecule has 0 bridgehead atoms. The first-order chi connectivity index (χ1) is 10.2. The average molecular weight is 283 g/mol. The normalized spacial score (nSPS) is 14.2. The lowest BCUT2D eigenvalue weighted by atomic mass is 10.0. The van der Waals surface area contributed by atoms with Crippen LogP contribution in [0.3, 0.4) is 0 Å². The molecule has 1 fully saturated rings. The van der Waals surface area contributed by atoms with Gasteiger partial charge in [-0.1, -0.05) is 17.6 Å². The smallest absolute Gasteiger partial charge is 0.317 e. The lowest BCUT2D eigenvalue weighted by molar-refractivity contribution is 0.194. The number of urea groups is 1. The van der Waals surface area contributed by atoms with Crippen molar-refractivity contribution < 1.29 is 4.79 Å². The van der Waals surface area contributed by atoms with Crippen LogP contribution >= 0.6 is 0 Å². The molecule has 110 valence electrons. The molecular formula is C17H21N3O. The third-order valence-corrected chi connectivity index (χ3v) is 3.39. The first kappa shape index (κ1) is 15.1. The summed E-state index contributed by atoms with van der Waals surface area (Å²) in [4.78, 5) is 17.9. The van der Waals surface area contributed by atoms with E-state index in [1.807, 2.05) is 43.0 Å². The molecule has 1 N–H and O–H groups in total. The Hall–Kier alpha value is -2.28. The quantitative estimate of drug-likeness (QED) is 0.805. The molecule has 4 nitrogen and oxygen atoms in total. The zero-order valence-corrected chi connectivity index (χ0v) is 12.6. The van der Waals surface area contributed by atoms with Gasteiger partial charge in [0.2, 0.25) is 0 Å². The summed E-state index contributed by atoms with van der Waals surface area (Å²) in [7, 11) is 0. The maximum absolute atomic E-state index is 11.7. The van der Waals surface area contributed by atoms with Crippen LogP contribution in [0.4, 0.5) is 4.79 Å². The second kappa shape index (κ2) is 7.49. The van der Waals surface area contributed by atoms with Gasteiger partial charge >= 0.3 is 6.03 Å². The molecule has 4 heteroatoms. The van der Waals surface area contributed by atoms with Crippen molar-refractivity contribution in [3.63, 3.8) is 0 Å². The number of carbonyl (C=O) groups excluding carboxylic acids is 1. The fourth-order valence-electron chi connectivity index (χ4n) is 2.23. The van der Waals surface area contributed by atoms with Gasteiger partial charge in [0.05, 0.1) is 0 Å². The van der Waals surface area contributed by atoms with E-state index < -0.39 is 0 Å². The third kappa shape index (κ3) is 4.64. The van der Waals surface area contributed by atoms with E-state index in [9.17, 15) is 4.79 Å². The molecule has 0 spiro atoms. The van der Waals surface area contributed by atoms with Gasteiger partial charge in [0.1, 0.15) is 5.69 Å². The van der Waals surface area contributed by atoms with Crippen LogP contribution < -0.4 is 5.32 Å². The highest BCUT2D eigenvalue weighted by Crippen LogP contribution is 2.15. The third-order valence-electron chi connectivity index (χ3n) is 3.39. The Kier molecular flexibility index (Phi) is 5.39. The number of rotatable bonds is 1. The fraction of sp³-hybridized carbons (Fsp3) is 0.412. The Morgan fingerprint density at radius 2 is 2.19 bits per heavy atom. The molecule has 2 heterocycles. The van der Waals surface area contributed by atoms with Crippen LogP contribution in [0.15, 0.2) is 29.8 Å². The standard InChI is InChI=1S/C17H21N3O/c1-3-18-17(21)20-12-10-15(11-13-20)7-5-9-16-8-4-6-14(2)19-16/h4,6-8H,3,10-13H2,1-2H3,(H,18,21). The van der Waals surface area contributed by atoms with E-state index in [0.717, 1.165) is 37.3 Å². The van der Waals surface area contributed by atoms with Crippen molar-refractivity contribution in [3.8, 4) is 11.8 Å². The van der Waals surface area contributed by atoms with Gasteiger partial charge < -0.3 is 10.2 Å². The molecule has 0 atom stereocenters. The number of hydrogen-bond acceptors (Lipinski definition) is 2. The van der Waals surface area contributed by atoms with Gasteiger partial charge in [-0.3, -0.25) is 0 Å². The van der Waals surface area contributed by atoms with E-state index in [4.69, 9.17) is 0 Å². The monoisotopic (exact) mass is 283 g/mol. The van der Waals surface area contributed by atoms with Gasteiger partial charge in [-0.15, -0.1) is 0 Å². The number of hydrogen-bond donors (Lipinski definition) is 1. The first-order valence-electron chi connectivity index (χ1n) is 7.35. The molecule has 1 aromatic heterocycles. The summed E-state index contributed by atoms with van der Waals surface area (Å²) in [6, 6.07) is 5.87. The minimum Gasteiger partial charge on any atom is -0.338 e. The van der Waals surface area contributed by atoms with Crippen molar-refractivity contribution >= 4 is 6.03 Å². The Bertz CT molecular complexity index is 586. The molecule has 0 aromatic carbocycles. The lowest BCUT2D eigenvalue weighted by Gasteiger charge is -2.28. The largest absolute Gasteiger partial charge is 0.338 e. The van der Waals surface area contributed by atoms with Gasteiger partial charge in [0.15, 0.2) is 0 Å². The number of piperidine rings is 1. The molecule has 2 amide bonds. The summed E-state index contributed by atoms with van der Waals surface area (Å²) < 4.78 is 0. The number of nitrogens with zero attached hydrogens (tertiary/aromatic N) is 2. The summed E-state index contributed by atoms with van der Waals surface area (Å²) >= 11 is 0. The topological polar surface area (TPSA) is 45.2 Å². The predicted octanol–water partition coefficient (Wildman–Crippen LogP) is 2.49. The summed E-state index contributed by atoms with van der Waals surface area (Å²) in [5.74, 6) is 6.13. The molecule has 0 radical (unpaired) electrons. The van der Waals surface area contributed by atoms with Crippen molar-refractivity contribution in [2.24, 2.45) is 0 Å². The average Bonchev–Trinajstić information content (AvgIpc) is 2.48. The number of aryl methyl sites for hydroxylation is 1. The maximum atomic E-state index is 11.7. The first-order valence-corrected chi connectivity index (χ1v) is 7.35. The Morgan fingerprint density at radius 3 is 2.86 bits per heavy atom. The van der Waals surface area contributed by atoms with E-state index >= 15 is 0 Å². The molecule has 0 unspecified atom stereocenters. The molecule has 1 aliphatic heterocycles. The summed E-state index contributed by atoms with van der Waals surface area (Å²) in [6.45, 7) is 6.10. The van der Waals surface area contributed by atoms with Crippen molar-refractivity contribution in [2.45, 2.75) is 26.7 Å². The number of nitrogens with one attached hydrogen (secondary N) is 1. The van der Waals surface area contributed by atoms with E-state index in [1.54, 1.807) is 0 Å². The number of aromatic nitrogens is 1. The maximum Gasteiger partial charge on any atom is 0.317 e. The molecule has 0 saturated carbocycles. The van der Waals surface area contributed by atoms with E-state index in [0.29, 0.717) is 6.54 Å². The Morgan fingerprint density at radius 1 is 1.43 bits per heavy atom. The van der Waals surface area contributed by atoms with Gasteiger partial charge in [-0.2, -0.15) is 0 Å².